The van der Waals surface area contributed by atoms with Crippen LogP contribution in [0.2, 0.25) is 0 Å². The van der Waals surface area contributed by atoms with Crippen molar-refractivity contribution in [2.24, 2.45) is 5.92 Å². The lowest BCUT2D eigenvalue weighted by atomic mass is 9.94. The van der Waals surface area contributed by atoms with Crippen LogP contribution in [0.15, 0.2) is 0 Å². The minimum atomic E-state index is 0.435. The van der Waals surface area contributed by atoms with Crippen molar-refractivity contribution in [2.45, 2.75) is 46.6 Å². The van der Waals surface area contributed by atoms with E-state index in [-0.39, 0.29) is 0 Å². The lowest BCUT2D eigenvalue weighted by Crippen LogP contribution is -2.42. The number of nitrogens with zero attached hydrogens (tertiary/aromatic N) is 4. The van der Waals surface area contributed by atoms with E-state index in [1.54, 1.807) is 0 Å². The van der Waals surface area contributed by atoms with Gasteiger partial charge in [0.05, 0.1) is 5.69 Å². The van der Waals surface area contributed by atoms with Crippen molar-refractivity contribution < 1.29 is 0 Å². The molecule has 0 amide bonds. The van der Waals surface area contributed by atoms with Crippen LogP contribution in [0.4, 0.5) is 5.82 Å². The summed E-state index contributed by atoms with van der Waals surface area (Å²) >= 11 is 0. The second-order valence-corrected chi connectivity index (χ2v) is 5.40. The maximum atomic E-state index is 9.36. The van der Waals surface area contributed by atoms with Gasteiger partial charge in [-0.2, -0.15) is 10.4 Å². The largest absolute Gasteiger partial charge is 0.351 e. The van der Waals surface area contributed by atoms with Crippen LogP contribution < -0.4 is 4.90 Å². The average molecular weight is 244 g/mol. The fraction of sp³-hybridized carbons (Fsp3) is 0.643. The topological polar surface area (TPSA) is 52.8 Å². The lowest BCUT2D eigenvalue weighted by Gasteiger charge is -2.37. The van der Waals surface area contributed by atoms with Gasteiger partial charge in [-0.15, -0.1) is 5.10 Å². The van der Waals surface area contributed by atoms with Gasteiger partial charge in [-0.1, -0.05) is 6.92 Å². The zero-order valence-corrected chi connectivity index (χ0v) is 11.6. The molecule has 1 aromatic rings. The molecule has 4 nitrogen and oxygen atoms in total. The third-order valence-corrected chi connectivity index (χ3v) is 3.94. The molecule has 0 aromatic carbocycles. The summed E-state index contributed by atoms with van der Waals surface area (Å²) in [5.74, 6) is 1.41. The van der Waals surface area contributed by atoms with Gasteiger partial charge < -0.3 is 4.90 Å². The summed E-state index contributed by atoms with van der Waals surface area (Å²) in [6.07, 6.45) is 2.40. The normalized spacial score (nSPS) is 23.8. The first-order chi connectivity index (χ1) is 8.54. The fourth-order valence-electron chi connectivity index (χ4n) is 2.51. The Morgan fingerprint density at radius 2 is 1.94 bits per heavy atom. The van der Waals surface area contributed by atoms with E-state index < -0.39 is 0 Å². The summed E-state index contributed by atoms with van der Waals surface area (Å²) < 4.78 is 0. The van der Waals surface area contributed by atoms with Gasteiger partial charge in [0.2, 0.25) is 0 Å². The molecule has 0 bridgehead atoms. The van der Waals surface area contributed by atoms with Gasteiger partial charge in [0.25, 0.3) is 0 Å². The number of hydrogen-bond donors (Lipinski definition) is 0. The predicted octanol–water partition coefficient (Wildman–Crippen LogP) is 2.59. The first kappa shape index (κ1) is 12.8. The molecule has 96 valence electrons. The Morgan fingerprint density at radius 1 is 1.22 bits per heavy atom. The second-order valence-electron chi connectivity index (χ2n) is 5.40. The van der Waals surface area contributed by atoms with E-state index in [2.05, 4.69) is 35.0 Å². The van der Waals surface area contributed by atoms with Crippen molar-refractivity contribution in [3.05, 3.63) is 16.8 Å². The smallest absolute Gasteiger partial charge is 0.169 e. The summed E-state index contributed by atoms with van der Waals surface area (Å²) in [5.41, 5.74) is 2.48. The SMILES string of the molecule is Cc1nnc(N2CC(C)CCC2C)c(C#N)c1C. The molecule has 0 aliphatic carbocycles. The highest BCUT2D eigenvalue weighted by atomic mass is 15.3. The lowest BCUT2D eigenvalue weighted by molar-refractivity contribution is 0.387. The number of anilines is 1. The summed E-state index contributed by atoms with van der Waals surface area (Å²) in [7, 11) is 0. The van der Waals surface area contributed by atoms with Crippen molar-refractivity contribution in [2.75, 3.05) is 11.4 Å². The van der Waals surface area contributed by atoms with Gasteiger partial charge in [0.15, 0.2) is 5.82 Å². The Labute approximate surface area is 109 Å². The van der Waals surface area contributed by atoms with Crippen LogP contribution in [0.3, 0.4) is 0 Å². The van der Waals surface area contributed by atoms with Crippen LogP contribution in [0.25, 0.3) is 0 Å². The molecule has 2 unspecified atom stereocenters. The Morgan fingerprint density at radius 3 is 2.61 bits per heavy atom. The first-order valence-corrected chi connectivity index (χ1v) is 6.55. The summed E-state index contributed by atoms with van der Waals surface area (Å²) in [5, 5.41) is 17.8. The van der Waals surface area contributed by atoms with Gasteiger partial charge >= 0.3 is 0 Å². The van der Waals surface area contributed by atoms with Crippen molar-refractivity contribution >= 4 is 5.82 Å². The van der Waals surface area contributed by atoms with Gasteiger partial charge in [-0.25, -0.2) is 0 Å². The minimum absolute atomic E-state index is 0.435. The van der Waals surface area contributed by atoms with E-state index in [0.717, 1.165) is 30.0 Å². The molecule has 1 aliphatic rings. The molecular formula is C14H20N4. The molecule has 2 rings (SSSR count). The number of piperidine rings is 1. The molecule has 2 heterocycles. The molecule has 0 radical (unpaired) electrons. The van der Waals surface area contributed by atoms with E-state index in [1.165, 1.54) is 6.42 Å². The molecular weight excluding hydrogens is 224 g/mol. The molecule has 1 aromatic heterocycles. The van der Waals surface area contributed by atoms with Crippen molar-refractivity contribution in [3.63, 3.8) is 0 Å². The van der Waals surface area contributed by atoms with Crippen LogP contribution in [0.1, 0.15) is 43.5 Å². The summed E-state index contributed by atoms with van der Waals surface area (Å²) in [6, 6.07) is 2.73. The molecule has 1 saturated heterocycles. The Kier molecular flexibility index (Phi) is 3.51. The fourth-order valence-corrected chi connectivity index (χ4v) is 2.51. The van der Waals surface area contributed by atoms with Crippen LogP contribution in [-0.2, 0) is 0 Å². The quantitative estimate of drug-likeness (QED) is 0.762. The highest BCUT2D eigenvalue weighted by molar-refractivity contribution is 5.58. The number of rotatable bonds is 1. The van der Waals surface area contributed by atoms with Crippen LogP contribution >= 0.6 is 0 Å². The van der Waals surface area contributed by atoms with Gasteiger partial charge in [0, 0.05) is 12.6 Å². The zero-order valence-electron chi connectivity index (χ0n) is 11.6. The van der Waals surface area contributed by atoms with Crippen LogP contribution in [0, 0.1) is 31.1 Å². The molecule has 18 heavy (non-hydrogen) atoms. The molecule has 2 atom stereocenters. The standard InChI is InChI=1S/C14H20N4/c1-9-5-6-10(2)18(8-9)14-13(7-15)11(3)12(4)16-17-14/h9-10H,5-6,8H2,1-4H3. The minimum Gasteiger partial charge on any atom is -0.351 e. The van der Waals surface area contributed by atoms with E-state index in [1.807, 2.05) is 13.8 Å². The zero-order chi connectivity index (χ0) is 13.3. The monoisotopic (exact) mass is 244 g/mol. The highest BCUT2D eigenvalue weighted by Crippen LogP contribution is 2.29. The van der Waals surface area contributed by atoms with E-state index in [4.69, 9.17) is 0 Å². The Hall–Kier alpha value is -1.63. The third-order valence-electron chi connectivity index (χ3n) is 3.94. The van der Waals surface area contributed by atoms with Gasteiger partial charge in [0.1, 0.15) is 11.6 Å². The molecule has 1 aliphatic heterocycles. The third kappa shape index (κ3) is 2.17. The number of aromatic nitrogens is 2. The van der Waals surface area contributed by atoms with Gasteiger partial charge in [-0.05, 0) is 45.1 Å². The first-order valence-electron chi connectivity index (χ1n) is 6.55. The summed E-state index contributed by atoms with van der Waals surface area (Å²) in [4.78, 5) is 2.24. The van der Waals surface area contributed by atoms with E-state index >= 15 is 0 Å². The Balaban J connectivity index is 2.44. The number of hydrogen-bond acceptors (Lipinski definition) is 4. The van der Waals surface area contributed by atoms with Crippen molar-refractivity contribution in [3.8, 4) is 6.07 Å². The summed E-state index contributed by atoms with van der Waals surface area (Å²) in [6.45, 7) is 9.26. The highest BCUT2D eigenvalue weighted by Gasteiger charge is 2.27. The number of aryl methyl sites for hydroxylation is 1. The molecule has 0 spiro atoms. The number of nitriles is 1. The molecule has 0 N–H and O–H groups in total. The second kappa shape index (κ2) is 4.93. The Bertz CT molecular complexity index is 489. The van der Waals surface area contributed by atoms with Crippen molar-refractivity contribution in [1.29, 1.82) is 5.26 Å². The van der Waals surface area contributed by atoms with Crippen molar-refractivity contribution in [1.82, 2.24) is 10.2 Å². The van der Waals surface area contributed by atoms with Gasteiger partial charge in [-0.3, -0.25) is 0 Å². The molecule has 0 saturated carbocycles. The maximum absolute atomic E-state index is 9.36. The van der Waals surface area contributed by atoms with E-state index in [9.17, 15) is 5.26 Å². The average Bonchev–Trinajstić information content (AvgIpc) is 2.35. The van der Waals surface area contributed by atoms with Crippen LogP contribution in [-0.4, -0.2) is 22.8 Å². The van der Waals surface area contributed by atoms with Crippen LogP contribution in [0.5, 0.6) is 0 Å². The predicted molar refractivity (Wildman–Crippen MR) is 71.4 cm³/mol. The molecule has 1 fully saturated rings. The maximum Gasteiger partial charge on any atom is 0.169 e. The van der Waals surface area contributed by atoms with E-state index in [0.29, 0.717) is 17.5 Å². The molecule has 4 heteroatoms.